The monoisotopic (exact) mass is 477 g/mol. The quantitative estimate of drug-likeness (QED) is 0.174. The zero-order chi connectivity index (χ0) is 25.4. The first kappa shape index (κ1) is 23.2. The van der Waals surface area contributed by atoms with Gasteiger partial charge in [-0.1, -0.05) is 66.7 Å². The molecule has 1 heterocycles. The topological polar surface area (TPSA) is 89.5 Å². The number of carbonyl (C=O) groups excluding carboxylic acids is 4. The van der Waals surface area contributed by atoms with Crippen molar-refractivity contribution in [2.75, 3.05) is 5.32 Å². The largest absolute Gasteiger partial charge is 0.453 e. The number of hydrogen-bond donors (Lipinski definition) is 1. The molecule has 0 saturated heterocycles. The summed E-state index contributed by atoms with van der Waals surface area (Å²) < 4.78 is 5.53. The van der Waals surface area contributed by atoms with E-state index in [0.717, 1.165) is 21.9 Å². The maximum atomic E-state index is 13.8. The van der Waals surface area contributed by atoms with Gasteiger partial charge in [0, 0.05) is 16.8 Å². The number of amides is 1. The van der Waals surface area contributed by atoms with E-state index in [1.807, 2.05) is 44.2 Å². The number of aryl methyl sites for hydroxylation is 1. The van der Waals surface area contributed by atoms with Crippen molar-refractivity contribution in [1.82, 2.24) is 0 Å². The second-order valence-corrected chi connectivity index (χ2v) is 8.88. The summed E-state index contributed by atoms with van der Waals surface area (Å²) in [7, 11) is 0. The molecule has 1 aliphatic heterocycles. The molecule has 36 heavy (non-hydrogen) atoms. The van der Waals surface area contributed by atoms with Gasteiger partial charge in [0.05, 0.1) is 5.56 Å². The van der Waals surface area contributed by atoms with Gasteiger partial charge in [-0.25, -0.2) is 4.79 Å². The highest BCUT2D eigenvalue weighted by Gasteiger charge is 2.46. The number of cyclic esters (lactones) is 1. The first-order valence-corrected chi connectivity index (χ1v) is 11.6. The summed E-state index contributed by atoms with van der Waals surface area (Å²) in [5.74, 6) is -4.67. The number of hydrogen-bond acceptors (Lipinski definition) is 5. The Kier molecular flexibility index (Phi) is 5.94. The average molecular weight is 478 g/mol. The summed E-state index contributed by atoms with van der Waals surface area (Å²) >= 11 is 0. The zero-order valence-corrected chi connectivity index (χ0v) is 19.8. The van der Waals surface area contributed by atoms with E-state index in [4.69, 9.17) is 4.74 Å². The minimum Gasteiger partial charge on any atom is -0.453 e. The smallest absolute Gasteiger partial charge is 0.339 e. The van der Waals surface area contributed by atoms with Crippen molar-refractivity contribution >= 4 is 39.9 Å². The third-order valence-electron chi connectivity index (χ3n) is 6.70. The fourth-order valence-corrected chi connectivity index (χ4v) is 4.55. The number of esters is 1. The number of ether oxygens (including phenoxy) is 1. The van der Waals surface area contributed by atoms with Gasteiger partial charge in [0.2, 0.25) is 5.78 Å². The van der Waals surface area contributed by atoms with E-state index in [1.165, 1.54) is 0 Å². The number of ketones is 2. The van der Waals surface area contributed by atoms with Crippen molar-refractivity contribution in [1.29, 1.82) is 0 Å². The molecule has 0 saturated carbocycles. The van der Waals surface area contributed by atoms with Crippen LogP contribution >= 0.6 is 0 Å². The van der Waals surface area contributed by atoms with Crippen molar-refractivity contribution in [3.63, 3.8) is 0 Å². The molecule has 0 radical (unpaired) electrons. The summed E-state index contributed by atoms with van der Waals surface area (Å²) in [4.78, 5) is 53.1. The van der Waals surface area contributed by atoms with Crippen LogP contribution in [0.2, 0.25) is 0 Å². The van der Waals surface area contributed by atoms with Gasteiger partial charge in [-0.3, -0.25) is 14.4 Å². The molecule has 6 heteroatoms. The second kappa shape index (κ2) is 9.23. The van der Waals surface area contributed by atoms with Crippen LogP contribution in [-0.4, -0.2) is 23.4 Å². The summed E-state index contributed by atoms with van der Waals surface area (Å²) in [6.45, 7) is 3.73. The Labute approximate surface area is 207 Å². The molecule has 1 N–H and O–H groups in total. The van der Waals surface area contributed by atoms with E-state index in [-0.39, 0.29) is 11.1 Å². The molecular weight excluding hydrogens is 454 g/mol. The predicted octanol–water partition coefficient (Wildman–Crippen LogP) is 5.38. The minimum atomic E-state index is -1.54. The summed E-state index contributed by atoms with van der Waals surface area (Å²) in [6, 6.07) is 24.6. The molecule has 0 spiro atoms. The maximum Gasteiger partial charge on any atom is 0.339 e. The van der Waals surface area contributed by atoms with Crippen LogP contribution < -0.4 is 5.32 Å². The Hall–Kier alpha value is -4.58. The van der Waals surface area contributed by atoms with Gasteiger partial charge in [0.25, 0.3) is 5.91 Å². The molecule has 5 rings (SSSR count). The maximum absolute atomic E-state index is 13.8. The van der Waals surface area contributed by atoms with Crippen molar-refractivity contribution in [2.24, 2.45) is 5.92 Å². The Morgan fingerprint density at radius 1 is 0.833 bits per heavy atom. The molecule has 0 aromatic heterocycles. The van der Waals surface area contributed by atoms with Crippen molar-refractivity contribution in [3.05, 3.63) is 113 Å². The van der Waals surface area contributed by atoms with Gasteiger partial charge in [0.1, 0.15) is 12.0 Å². The SMILES string of the molecule is Cc1cccc(NC(=O)C(=O)[C@@H](C(=O)c2ccc3ccccc3c2)[C@H]2OC(=O)c3ccccc32)c1C. The van der Waals surface area contributed by atoms with Gasteiger partial charge >= 0.3 is 5.97 Å². The van der Waals surface area contributed by atoms with Crippen LogP contribution in [0.15, 0.2) is 84.9 Å². The standard InChI is InChI=1S/C30H23NO5/c1-17-8-7-13-24(18(17)2)31-29(34)27(33)25(28-22-11-5-6-12-23(22)30(35)36-28)26(32)21-15-14-19-9-3-4-10-20(19)16-21/h3-16,25,28H,1-2H3,(H,31,34)/t25-,28+/m1/s1. The Balaban J connectivity index is 1.55. The Bertz CT molecular complexity index is 1550. The number of anilines is 1. The lowest BCUT2D eigenvalue weighted by molar-refractivity contribution is -0.138. The molecule has 2 atom stereocenters. The van der Waals surface area contributed by atoms with Crippen LogP contribution in [-0.2, 0) is 14.3 Å². The highest BCUT2D eigenvalue weighted by atomic mass is 16.5. The molecule has 4 aromatic rings. The van der Waals surface area contributed by atoms with Gasteiger partial charge < -0.3 is 10.1 Å². The average Bonchev–Trinajstić information content (AvgIpc) is 3.22. The molecule has 0 bridgehead atoms. The fourth-order valence-electron chi connectivity index (χ4n) is 4.55. The number of nitrogens with one attached hydrogen (secondary N) is 1. The minimum absolute atomic E-state index is 0.256. The lowest BCUT2D eigenvalue weighted by Gasteiger charge is -2.21. The van der Waals surface area contributed by atoms with E-state index < -0.39 is 35.5 Å². The van der Waals surface area contributed by atoms with Crippen molar-refractivity contribution < 1.29 is 23.9 Å². The van der Waals surface area contributed by atoms with Gasteiger partial charge in [-0.15, -0.1) is 0 Å². The number of benzene rings is 4. The van der Waals surface area contributed by atoms with Gasteiger partial charge in [-0.2, -0.15) is 0 Å². The van der Waals surface area contributed by atoms with Crippen LogP contribution in [0.5, 0.6) is 0 Å². The Morgan fingerprint density at radius 3 is 2.36 bits per heavy atom. The van der Waals surface area contributed by atoms with Crippen LogP contribution in [0, 0.1) is 19.8 Å². The highest BCUT2D eigenvalue weighted by Crippen LogP contribution is 2.38. The third kappa shape index (κ3) is 4.07. The van der Waals surface area contributed by atoms with Gasteiger partial charge in [-0.05, 0) is 53.9 Å². The third-order valence-corrected chi connectivity index (χ3v) is 6.70. The van der Waals surface area contributed by atoms with E-state index >= 15 is 0 Å². The lowest BCUT2D eigenvalue weighted by Crippen LogP contribution is -2.38. The summed E-state index contributed by atoms with van der Waals surface area (Å²) in [5, 5.41) is 4.40. The van der Waals surface area contributed by atoms with E-state index in [9.17, 15) is 19.2 Å². The van der Waals surface area contributed by atoms with Crippen molar-refractivity contribution in [2.45, 2.75) is 20.0 Å². The van der Waals surface area contributed by atoms with E-state index in [0.29, 0.717) is 11.3 Å². The molecule has 0 aliphatic carbocycles. The lowest BCUT2D eigenvalue weighted by atomic mass is 9.84. The first-order valence-electron chi connectivity index (χ1n) is 11.6. The summed E-state index contributed by atoms with van der Waals surface area (Å²) in [5.41, 5.74) is 3.19. The molecule has 4 aromatic carbocycles. The van der Waals surface area contributed by atoms with Gasteiger partial charge in [0.15, 0.2) is 5.78 Å². The first-order chi connectivity index (χ1) is 17.3. The molecular formula is C30H23NO5. The van der Waals surface area contributed by atoms with Crippen LogP contribution in [0.1, 0.15) is 43.5 Å². The molecule has 6 nitrogen and oxygen atoms in total. The second-order valence-electron chi connectivity index (χ2n) is 8.88. The van der Waals surface area contributed by atoms with E-state index in [1.54, 1.807) is 54.6 Å². The Morgan fingerprint density at radius 2 is 1.56 bits per heavy atom. The normalized spacial score (nSPS) is 15.2. The van der Waals surface area contributed by atoms with Crippen molar-refractivity contribution in [3.8, 4) is 0 Å². The summed E-state index contributed by atoms with van der Waals surface area (Å²) in [6.07, 6.45) is -1.20. The molecule has 178 valence electrons. The van der Waals surface area contributed by atoms with Crippen LogP contribution in [0.3, 0.4) is 0 Å². The molecule has 0 unspecified atom stereocenters. The molecule has 1 aliphatic rings. The molecule has 1 amide bonds. The number of Topliss-reactive ketones (excluding diaryl/α,β-unsaturated/α-hetero) is 2. The number of rotatable bonds is 6. The number of carbonyl (C=O) groups is 4. The van der Waals surface area contributed by atoms with E-state index in [2.05, 4.69) is 5.32 Å². The van der Waals surface area contributed by atoms with Crippen LogP contribution in [0.4, 0.5) is 5.69 Å². The highest BCUT2D eigenvalue weighted by molar-refractivity contribution is 6.45. The molecule has 0 fully saturated rings. The zero-order valence-electron chi connectivity index (χ0n) is 19.8. The fraction of sp³-hybridized carbons (Fsp3) is 0.133. The number of fused-ring (bicyclic) bond motifs is 2. The predicted molar refractivity (Wildman–Crippen MR) is 136 cm³/mol. The van der Waals surface area contributed by atoms with Crippen LogP contribution in [0.25, 0.3) is 10.8 Å².